The monoisotopic (exact) mass is 466 g/mol. The van der Waals surface area contributed by atoms with Crippen molar-refractivity contribution in [3.8, 4) is 5.75 Å². The second kappa shape index (κ2) is 11.6. The van der Waals surface area contributed by atoms with Gasteiger partial charge in [0.2, 0.25) is 0 Å². The van der Waals surface area contributed by atoms with E-state index < -0.39 is 10.1 Å². The highest BCUT2D eigenvalue weighted by molar-refractivity contribution is 7.99. The van der Waals surface area contributed by atoms with E-state index in [1.54, 1.807) is 35.7 Å². The van der Waals surface area contributed by atoms with Gasteiger partial charge in [-0.2, -0.15) is 8.42 Å². The Bertz CT molecular complexity index is 1110. The van der Waals surface area contributed by atoms with Crippen LogP contribution in [0.2, 0.25) is 0 Å². The standard InChI is InChI=1S/C13H12O3S2.C12H10S/c1-18(14,15)16-11-7-9-13(10-8-11)17-12-5-3-2-4-6-12;1-3-7-11(8-4-1)13-12-9-5-2-6-10-12/h2-10H,1H3;1-10H. The predicted octanol–water partition coefficient (Wildman–Crippen LogP) is 7.01. The molecule has 0 aliphatic heterocycles. The molecule has 0 unspecified atom stereocenters. The number of benzene rings is 4. The Morgan fingerprint density at radius 3 is 1.16 bits per heavy atom. The zero-order valence-corrected chi connectivity index (χ0v) is 19.4. The van der Waals surface area contributed by atoms with E-state index >= 15 is 0 Å². The van der Waals surface area contributed by atoms with Gasteiger partial charge in [0.25, 0.3) is 0 Å². The van der Waals surface area contributed by atoms with Crippen LogP contribution in [0.4, 0.5) is 0 Å². The summed E-state index contributed by atoms with van der Waals surface area (Å²) in [6.45, 7) is 0. The Kier molecular flexibility index (Phi) is 8.64. The fourth-order valence-electron chi connectivity index (χ4n) is 2.48. The first-order chi connectivity index (χ1) is 15.0. The molecule has 3 nitrogen and oxygen atoms in total. The van der Waals surface area contributed by atoms with E-state index in [9.17, 15) is 8.42 Å². The summed E-state index contributed by atoms with van der Waals surface area (Å²) in [6, 6.07) is 37.7. The Hall–Kier alpha value is -2.67. The molecule has 0 radical (unpaired) electrons. The quantitative estimate of drug-likeness (QED) is 0.286. The first-order valence-corrected chi connectivity index (χ1v) is 12.9. The fraction of sp³-hybridized carbons (Fsp3) is 0.0400. The van der Waals surface area contributed by atoms with Crippen LogP contribution in [0, 0.1) is 0 Å². The lowest BCUT2D eigenvalue weighted by Crippen LogP contribution is -2.05. The number of rotatable bonds is 6. The summed E-state index contributed by atoms with van der Waals surface area (Å²) in [7, 11) is -3.46. The summed E-state index contributed by atoms with van der Waals surface area (Å²) in [5.41, 5.74) is 0. The third-order valence-corrected chi connectivity index (χ3v) is 6.30. The summed E-state index contributed by atoms with van der Waals surface area (Å²) in [6.07, 6.45) is 1.03. The van der Waals surface area contributed by atoms with Crippen LogP contribution in [0.25, 0.3) is 0 Å². The van der Waals surface area contributed by atoms with Crippen LogP contribution in [-0.4, -0.2) is 14.7 Å². The minimum atomic E-state index is -3.46. The van der Waals surface area contributed by atoms with Crippen molar-refractivity contribution in [3.05, 3.63) is 115 Å². The first kappa shape index (κ1) is 23.0. The zero-order chi connectivity index (χ0) is 21.9. The molecular weight excluding hydrogens is 444 g/mol. The van der Waals surface area contributed by atoms with E-state index in [1.807, 2.05) is 54.6 Å². The molecule has 0 heterocycles. The topological polar surface area (TPSA) is 43.4 Å². The molecule has 0 bridgehead atoms. The van der Waals surface area contributed by atoms with E-state index in [2.05, 4.69) is 48.5 Å². The number of hydrogen-bond donors (Lipinski definition) is 0. The molecule has 0 aliphatic rings. The van der Waals surface area contributed by atoms with Crippen LogP contribution in [-0.2, 0) is 10.1 Å². The van der Waals surface area contributed by atoms with E-state index in [-0.39, 0.29) is 0 Å². The molecule has 0 amide bonds. The molecule has 0 atom stereocenters. The first-order valence-electron chi connectivity index (χ1n) is 9.48. The van der Waals surface area contributed by atoms with Gasteiger partial charge in [0.05, 0.1) is 6.26 Å². The van der Waals surface area contributed by atoms with Gasteiger partial charge in [0.15, 0.2) is 0 Å². The normalized spacial score (nSPS) is 10.6. The average Bonchev–Trinajstić information content (AvgIpc) is 2.77. The Labute approximate surface area is 192 Å². The van der Waals surface area contributed by atoms with E-state index in [0.717, 1.165) is 16.0 Å². The second-order valence-electron chi connectivity index (χ2n) is 6.40. The lowest BCUT2D eigenvalue weighted by Gasteiger charge is -2.04. The van der Waals surface area contributed by atoms with Crippen LogP contribution in [0.5, 0.6) is 5.75 Å². The molecular formula is C25H22O3S3. The SMILES string of the molecule is CS(=O)(=O)Oc1ccc(Sc2ccccc2)cc1.c1ccc(Sc2ccccc2)cc1. The fourth-order valence-corrected chi connectivity index (χ4v) is 4.63. The van der Waals surface area contributed by atoms with Crippen molar-refractivity contribution in [3.63, 3.8) is 0 Å². The highest BCUT2D eigenvalue weighted by Crippen LogP contribution is 2.29. The third kappa shape index (κ3) is 8.92. The molecule has 0 aliphatic carbocycles. The molecule has 158 valence electrons. The highest BCUT2D eigenvalue weighted by atomic mass is 32.2. The van der Waals surface area contributed by atoms with Gasteiger partial charge in [-0.1, -0.05) is 78.1 Å². The summed E-state index contributed by atoms with van der Waals surface area (Å²) in [4.78, 5) is 4.73. The summed E-state index contributed by atoms with van der Waals surface area (Å²) in [5, 5.41) is 0. The molecule has 31 heavy (non-hydrogen) atoms. The minimum Gasteiger partial charge on any atom is -0.383 e. The van der Waals surface area contributed by atoms with E-state index in [0.29, 0.717) is 5.75 Å². The van der Waals surface area contributed by atoms with Gasteiger partial charge in [-0.15, -0.1) is 0 Å². The van der Waals surface area contributed by atoms with Crippen molar-refractivity contribution >= 4 is 33.6 Å². The maximum absolute atomic E-state index is 10.9. The predicted molar refractivity (Wildman–Crippen MR) is 129 cm³/mol. The lowest BCUT2D eigenvalue weighted by atomic mass is 10.3. The molecule has 6 heteroatoms. The van der Waals surface area contributed by atoms with Gasteiger partial charge in [-0.3, -0.25) is 0 Å². The van der Waals surface area contributed by atoms with Crippen LogP contribution < -0.4 is 4.18 Å². The summed E-state index contributed by atoms with van der Waals surface area (Å²) >= 11 is 3.40. The van der Waals surface area contributed by atoms with Crippen LogP contribution in [0.3, 0.4) is 0 Å². The van der Waals surface area contributed by atoms with Crippen molar-refractivity contribution in [2.45, 2.75) is 19.6 Å². The van der Waals surface area contributed by atoms with Crippen molar-refractivity contribution in [1.82, 2.24) is 0 Å². The van der Waals surface area contributed by atoms with Crippen LogP contribution in [0.1, 0.15) is 0 Å². The maximum Gasteiger partial charge on any atom is 0.306 e. The lowest BCUT2D eigenvalue weighted by molar-refractivity contribution is 0.493. The second-order valence-corrected chi connectivity index (χ2v) is 10.3. The zero-order valence-electron chi connectivity index (χ0n) is 16.9. The van der Waals surface area contributed by atoms with Gasteiger partial charge in [-0.25, -0.2) is 0 Å². The summed E-state index contributed by atoms with van der Waals surface area (Å²) < 4.78 is 26.7. The van der Waals surface area contributed by atoms with Crippen molar-refractivity contribution < 1.29 is 12.6 Å². The van der Waals surface area contributed by atoms with E-state index in [1.165, 1.54) is 9.79 Å². The Morgan fingerprint density at radius 2 is 0.839 bits per heavy atom. The van der Waals surface area contributed by atoms with Gasteiger partial charge in [0.1, 0.15) is 5.75 Å². The number of hydrogen-bond acceptors (Lipinski definition) is 5. The van der Waals surface area contributed by atoms with Gasteiger partial charge in [0, 0.05) is 19.6 Å². The third-order valence-electron chi connectivity index (χ3n) is 3.77. The maximum atomic E-state index is 10.9. The Morgan fingerprint density at radius 1 is 0.516 bits per heavy atom. The largest absolute Gasteiger partial charge is 0.383 e. The highest BCUT2D eigenvalue weighted by Gasteiger charge is 2.04. The van der Waals surface area contributed by atoms with Crippen molar-refractivity contribution in [2.75, 3.05) is 6.26 Å². The molecule has 0 aromatic heterocycles. The molecule has 4 rings (SSSR count). The molecule has 4 aromatic rings. The van der Waals surface area contributed by atoms with Gasteiger partial charge < -0.3 is 4.18 Å². The van der Waals surface area contributed by atoms with Crippen molar-refractivity contribution in [1.29, 1.82) is 0 Å². The van der Waals surface area contributed by atoms with Crippen LogP contribution in [0.15, 0.2) is 135 Å². The molecule has 0 spiro atoms. The van der Waals surface area contributed by atoms with Crippen LogP contribution >= 0.6 is 23.5 Å². The average molecular weight is 467 g/mol. The van der Waals surface area contributed by atoms with E-state index in [4.69, 9.17) is 4.18 Å². The van der Waals surface area contributed by atoms with Gasteiger partial charge >= 0.3 is 10.1 Å². The smallest absolute Gasteiger partial charge is 0.306 e. The minimum absolute atomic E-state index is 0.329. The van der Waals surface area contributed by atoms with Crippen molar-refractivity contribution in [2.24, 2.45) is 0 Å². The molecule has 0 saturated heterocycles. The Balaban J connectivity index is 0.000000185. The molecule has 4 aromatic carbocycles. The molecule has 0 saturated carbocycles. The molecule has 0 fully saturated rings. The summed E-state index contributed by atoms with van der Waals surface area (Å²) in [5.74, 6) is 0.329. The van der Waals surface area contributed by atoms with Gasteiger partial charge in [-0.05, 0) is 60.7 Å². The molecule has 0 N–H and O–H groups in total.